The zero-order valence-electron chi connectivity index (χ0n) is 7.08. The van der Waals surface area contributed by atoms with E-state index in [4.69, 9.17) is 4.74 Å². The molecule has 0 saturated heterocycles. The molecule has 3 nitrogen and oxygen atoms in total. The van der Waals surface area contributed by atoms with Gasteiger partial charge in [-0.3, -0.25) is 9.59 Å². The predicted molar refractivity (Wildman–Crippen MR) is 41.4 cm³/mol. The Balaban J connectivity index is 2.04. The normalized spacial score (nSPS) is 38.8. The summed E-state index contributed by atoms with van der Waals surface area (Å²) in [6.45, 7) is 1.40. The highest BCUT2D eigenvalue weighted by Gasteiger charge is 2.48. The molecule has 2 rings (SSSR count). The van der Waals surface area contributed by atoms with E-state index >= 15 is 0 Å². The van der Waals surface area contributed by atoms with E-state index in [0.717, 1.165) is 19.3 Å². The van der Waals surface area contributed by atoms with Gasteiger partial charge in [-0.25, -0.2) is 0 Å². The van der Waals surface area contributed by atoms with E-state index in [1.165, 1.54) is 6.92 Å². The Morgan fingerprint density at radius 2 is 2.25 bits per heavy atom. The fraction of sp³-hybridized carbons (Fsp3) is 0.778. The molecule has 0 aromatic carbocycles. The van der Waals surface area contributed by atoms with Crippen LogP contribution < -0.4 is 0 Å². The number of esters is 1. The van der Waals surface area contributed by atoms with Gasteiger partial charge in [0.25, 0.3) is 0 Å². The molecule has 0 aromatic rings. The Labute approximate surface area is 71.1 Å². The average molecular weight is 168 g/mol. The molecule has 3 heteroatoms. The number of carbonyl (C=O) groups excluding carboxylic acids is 2. The van der Waals surface area contributed by atoms with Gasteiger partial charge in [-0.15, -0.1) is 0 Å². The zero-order valence-corrected chi connectivity index (χ0v) is 7.08. The van der Waals surface area contributed by atoms with Gasteiger partial charge in [0, 0.05) is 12.8 Å². The number of Topliss-reactive ketones (excluding diaryl/α,β-unsaturated/α-hetero) is 1. The molecule has 2 aliphatic rings. The highest BCUT2D eigenvalue weighted by atomic mass is 16.5. The molecule has 2 aliphatic carbocycles. The van der Waals surface area contributed by atoms with Gasteiger partial charge in [0.15, 0.2) is 0 Å². The first kappa shape index (κ1) is 7.77. The summed E-state index contributed by atoms with van der Waals surface area (Å²) in [4.78, 5) is 22.0. The predicted octanol–water partition coefficient (Wildman–Crippen LogP) is 0.917. The summed E-state index contributed by atoms with van der Waals surface area (Å²) >= 11 is 0. The Bertz CT molecular complexity index is 234. The average Bonchev–Trinajstić information content (AvgIpc) is 2.44. The fourth-order valence-corrected chi connectivity index (χ4v) is 2.36. The van der Waals surface area contributed by atoms with Crippen LogP contribution in [0.4, 0.5) is 0 Å². The van der Waals surface area contributed by atoms with Crippen molar-refractivity contribution in [1.82, 2.24) is 0 Å². The van der Waals surface area contributed by atoms with E-state index in [2.05, 4.69) is 0 Å². The van der Waals surface area contributed by atoms with Crippen LogP contribution in [0.25, 0.3) is 0 Å². The van der Waals surface area contributed by atoms with Crippen LogP contribution in [0.15, 0.2) is 0 Å². The highest BCUT2D eigenvalue weighted by Crippen LogP contribution is 2.42. The number of hydrogen-bond donors (Lipinski definition) is 0. The molecule has 3 unspecified atom stereocenters. The van der Waals surface area contributed by atoms with E-state index in [-0.39, 0.29) is 23.9 Å². The third kappa shape index (κ3) is 1.04. The first-order valence-electron chi connectivity index (χ1n) is 4.39. The van der Waals surface area contributed by atoms with Crippen LogP contribution in [0.2, 0.25) is 0 Å². The maximum atomic E-state index is 11.4. The minimum absolute atomic E-state index is 0.0268. The molecule has 2 saturated carbocycles. The van der Waals surface area contributed by atoms with Crippen LogP contribution in [-0.2, 0) is 14.3 Å². The molecule has 0 radical (unpaired) electrons. The monoisotopic (exact) mass is 168 g/mol. The topological polar surface area (TPSA) is 43.4 Å². The second-order valence-electron chi connectivity index (χ2n) is 3.67. The van der Waals surface area contributed by atoms with Gasteiger partial charge >= 0.3 is 5.97 Å². The number of ether oxygens (including phenoxy) is 1. The van der Waals surface area contributed by atoms with Gasteiger partial charge < -0.3 is 4.74 Å². The van der Waals surface area contributed by atoms with Crippen molar-refractivity contribution in [2.75, 3.05) is 0 Å². The molecule has 0 amide bonds. The Morgan fingerprint density at radius 3 is 2.67 bits per heavy atom. The SMILES string of the molecule is CC(=O)OC1CC2CCC1C2=O. The molecule has 0 N–H and O–H groups in total. The largest absolute Gasteiger partial charge is 0.462 e. The zero-order chi connectivity index (χ0) is 8.72. The lowest BCUT2D eigenvalue weighted by atomic mass is 9.98. The van der Waals surface area contributed by atoms with Crippen molar-refractivity contribution in [3.05, 3.63) is 0 Å². The second-order valence-corrected chi connectivity index (χ2v) is 3.67. The third-order valence-electron chi connectivity index (χ3n) is 2.88. The van der Waals surface area contributed by atoms with Crippen molar-refractivity contribution >= 4 is 11.8 Å². The van der Waals surface area contributed by atoms with E-state index in [1.807, 2.05) is 0 Å². The van der Waals surface area contributed by atoms with Gasteiger partial charge in [0.1, 0.15) is 11.9 Å². The van der Waals surface area contributed by atoms with Crippen molar-refractivity contribution in [1.29, 1.82) is 0 Å². The van der Waals surface area contributed by atoms with Crippen molar-refractivity contribution in [3.63, 3.8) is 0 Å². The highest BCUT2D eigenvalue weighted by molar-refractivity contribution is 5.88. The summed E-state index contributed by atoms with van der Waals surface area (Å²) in [6.07, 6.45) is 2.58. The van der Waals surface area contributed by atoms with Crippen molar-refractivity contribution in [3.8, 4) is 0 Å². The van der Waals surface area contributed by atoms with Gasteiger partial charge in [0.05, 0.1) is 5.92 Å². The molecule has 2 bridgehead atoms. The standard InChI is InChI=1S/C9H12O3/c1-5(10)12-8-4-6-2-3-7(8)9(6)11/h6-8H,2-4H2,1H3. The van der Waals surface area contributed by atoms with Crippen LogP contribution in [0.5, 0.6) is 0 Å². The minimum atomic E-state index is -0.264. The lowest BCUT2D eigenvalue weighted by molar-refractivity contribution is -0.149. The number of ketones is 1. The van der Waals surface area contributed by atoms with Crippen LogP contribution in [-0.4, -0.2) is 17.9 Å². The summed E-state index contributed by atoms with van der Waals surface area (Å²) in [7, 11) is 0. The second kappa shape index (κ2) is 2.57. The molecule has 2 fully saturated rings. The summed E-state index contributed by atoms with van der Waals surface area (Å²) in [5, 5.41) is 0. The van der Waals surface area contributed by atoms with E-state index < -0.39 is 0 Å². The van der Waals surface area contributed by atoms with Crippen LogP contribution in [0.3, 0.4) is 0 Å². The van der Waals surface area contributed by atoms with Gasteiger partial charge in [-0.1, -0.05) is 0 Å². The fourth-order valence-electron chi connectivity index (χ4n) is 2.36. The maximum Gasteiger partial charge on any atom is 0.302 e. The molecule has 12 heavy (non-hydrogen) atoms. The number of hydrogen-bond acceptors (Lipinski definition) is 3. The van der Waals surface area contributed by atoms with Crippen molar-refractivity contribution < 1.29 is 14.3 Å². The Kier molecular flexibility index (Phi) is 1.67. The Morgan fingerprint density at radius 1 is 1.50 bits per heavy atom. The summed E-state index contributed by atoms with van der Waals surface area (Å²) in [6, 6.07) is 0. The molecular formula is C9H12O3. The van der Waals surface area contributed by atoms with Crippen molar-refractivity contribution in [2.24, 2.45) is 11.8 Å². The number of rotatable bonds is 1. The number of fused-ring (bicyclic) bond motifs is 2. The maximum absolute atomic E-state index is 11.4. The first-order chi connectivity index (χ1) is 5.68. The molecule has 0 heterocycles. The van der Waals surface area contributed by atoms with E-state index in [0.29, 0.717) is 5.78 Å². The van der Waals surface area contributed by atoms with Crippen molar-refractivity contribution in [2.45, 2.75) is 32.3 Å². The van der Waals surface area contributed by atoms with Crippen LogP contribution in [0, 0.1) is 11.8 Å². The molecule has 0 aliphatic heterocycles. The van der Waals surface area contributed by atoms with Gasteiger partial charge in [-0.2, -0.15) is 0 Å². The molecule has 3 atom stereocenters. The van der Waals surface area contributed by atoms with Crippen LogP contribution >= 0.6 is 0 Å². The first-order valence-corrected chi connectivity index (χ1v) is 4.39. The lowest BCUT2D eigenvalue weighted by Gasteiger charge is -2.19. The van der Waals surface area contributed by atoms with Gasteiger partial charge in [-0.05, 0) is 19.3 Å². The third-order valence-corrected chi connectivity index (χ3v) is 2.88. The Hall–Kier alpha value is -0.860. The quantitative estimate of drug-likeness (QED) is 0.547. The van der Waals surface area contributed by atoms with E-state index in [9.17, 15) is 9.59 Å². The summed E-state index contributed by atoms with van der Waals surface area (Å²) in [5.41, 5.74) is 0. The molecular weight excluding hydrogens is 156 g/mol. The molecule has 0 spiro atoms. The summed E-state index contributed by atoms with van der Waals surface area (Å²) in [5.74, 6) is 0.278. The van der Waals surface area contributed by atoms with Gasteiger partial charge in [0.2, 0.25) is 0 Å². The van der Waals surface area contributed by atoms with E-state index in [1.54, 1.807) is 0 Å². The minimum Gasteiger partial charge on any atom is -0.462 e. The molecule has 66 valence electrons. The molecule has 0 aromatic heterocycles. The smallest absolute Gasteiger partial charge is 0.302 e. The number of carbonyl (C=O) groups is 2. The summed E-state index contributed by atoms with van der Waals surface area (Å²) < 4.78 is 5.06. The van der Waals surface area contributed by atoms with Crippen LogP contribution in [0.1, 0.15) is 26.2 Å². The lowest BCUT2D eigenvalue weighted by Crippen LogP contribution is -2.23.